The lowest BCUT2D eigenvalue weighted by Crippen LogP contribution is -2.42. The molecule has 0 saturated carbocycles. The summed E-state index contributed by atoms with van der Waals surface area (Å²) in [7, 11) is 0. The molecule has 1 atom stereocenters. The molecular weight excluding hydrogens is 452 g/mol. The summed E-state index contributed by atoms with van der Waals surface area (Å²) in [6.45, 7) is 6.39. The van der Waals surface area contributed by atoms with Crippen LogP contribution in [-0.4, -0.2) is 27.9 Å². The predicted molar refractivity (Wildman–Crippen MR) is 140 cm³/mol. The van der Waals surface area contributed by atoms with Crippen molar-refractivity contribution in [3.8, 4) is 22.6 Å². The van der Waals surface area contributed by atoms with Crippen molar-refractivity contribution in [2.75, 3.05) is 0 Å². The van der Waals surface area contributed by atoms with Crippen molar-refractivity contribution in [1.82, 2.24) is 15.2 Å². The molecule has 7 heteroatoms. The van der Waals surface area contributed by atoms with Crippen LogP contribution >= 0.6 is 0 Å². The van der Waals surface area contributed by atoms with Crippen LogP contribution < -0.4 is 11.1 Å². The van der Waals surface area contributed by atoms with Crippen LogP contribution in [0.25, 0.3) is 33.6 Å². The largest absolute Gasteiger partial charge is 0.456 e. The molecule has 0 fully saturated rings. The minimum absolute atomic E-state index is 0.0164. The quantitative estimate of drug-likeness (QED) is 0.350. The topological polar surface area (TPSA) is 101 Å². The summed E-state index contributed by atoms with van der Waals surface area (Å²) in [5.74, 6) is 0.161. The third-order valence-corrected chi connectivity index (χ3v) is 6.53. The number of benzene rings is 2. The number of hydrogen-bond acceptors (Lipinski definition) is 4. The van der Waals surface area contributed by atoms with E-state index in [1.165, 1.54) is 0 Å². The Labute approximate surface area is 210 Å². The van der Waals surface area contributed by atoms with E-state index in [1.807, 2.05) is 73.3 Å². The normalized spacial score (nSPS) is 14.9. The average Bonchev–Trinajstić information content (AvgIpc) is 3.45. The number of urea groups is 1. The summed E-state index contributed by atoms with van der Waals surface area (Å²) < 4.78 is 6.09. The van der Waals surface area contributed by atoms with E-state index >= 15 is 0 Å². The third kappa shape index (κ3) is 4.33. The number of rotatable bonds is 6. The number of amides is 3. The zero-order valence-electron chi connectivity index (χ0n) is 20.7. The smallest absolute Gasteiger partial charge is 0.318 e. The van der Waals surface area contributed by atoms with Crippen LogP contribution in [0.5, 0.6) is 0 Å². The van der Waals surface area contributed by atoms with Gasteiger partial charge in [-0.25, -0.2) is 9.78 Å². The number of furan rings is 1. The average molecular weight is 483 g/mol. The number of fused-ring (bicyclic) bond motifs is 2. The predicted octanol–water partition coefficient (Wildman–Crippen LogP) is 6.04. The molecule has 0 aliphatic carbocycles. The minimum atomic E-state index is -0.593. The lowest BCUT2D eigenvalue weighted by Gasteiger charge is -2.27. The van der Waals surface area contributed by atoms with E-state index in [-0.39, 0.29) is 23.8 Å². The van der Waals surface area contributed by atoms with Gasteiger partial charge in [0, 0.05) is 34.7 Å². The Hall–Kier alpha value is -4.13. The van der Waals surface area contributed by atoms with Gasteiger partial charge in [0.2, 0.25) is 0 Å². The van der Waals surface area contributed by atoms with Crippen LogP contribution in [0.2, 0.25) is 0 Å². The number of nitrogens with two attached hydrogens (primary N) is 1. The molecule has 0 bridgehead atoms. The second kappa shape index (κ2) is 9.49. The Balaban J connectivity index is 1.63. The zero-order valence-corrected chi connectivity index (χ0v) is 20.7. The molecule has 0 spiro atoms. The lowest BCUT2D eigenvalue weighted by atomic mass is 9.94. The molecule has 3 N–H and O–H groups in total. The molecule has 0 saturated heterocycles. The Morgan fingerprint density at radius 3 is 2.61 bits per heavy atom. The van der Waals surface area contributed by atoms with Crippen molar-refractivity contribution in [3.63, 3.8) is 0 Å². The molecule has 0 radical (unpaired) electrons. The third-order valence-electron chi connectivity index (χ3n) is 6.53. The van der Waals surface area contributed by atoms with Crippen LogP contribution in [-0.2, 0) is 6.54 Å². The maximum atomic E-state index is 13.1. The van der Waals surface area contributed by atoms with Crippen LogP contribution in [0.15, 0.2) is 65.1 Å². The number of nitrogens with zero attached hydrogens (tertiary/aromatic N) is 2. The van der Waals surface area contributed by atoms with Gasteiger partial charge in [-0.1, -0.05) is 49.7 Å². The molecule has 5 rings (SSSR count). The second-order valence-corrected chi connectivity index (χ2v) is 9.56. The number of carbonyl (C=O) groups is 2. The highest BCUT2D eigenvalue weighted by atomic mass is 16.3. The molecule has 1 aliphatic rings. The van der Waals surface area contributed by atoms with Gasteiger partial charge < -0.3 is 20.4 Å². The standard InChI is InChI=1S/C29H30N4O3/c1-4-8-23-26-21(16-33(23)29(35)31-17(2)3)14-22(28(30)34)32-27(26)20-11-7-10-18(13-20)25-15-19-9-5-6-12-24(19)36-25/h5-7,9-15,17,23H,4,8,16H2,1-3H3,(H2,30,34)(H,31,35)/t23-/m1/s1. The molecule has 184 valence electrons. The number of nitrogens with one attached hydrogen (secondary N) is 1. The van der Waals surface area contributed by atoms with Crippen molar-refractivity contribution >= 4 is 22.9 Å². The summed E-state index contributed by atoms with van der Waals surface area (Å²) in [5, 5.41) is 4.04. The monoisotopic (exact) mass is 482 g/mol. The SMILES string of the molecule is CCC[C@@H]1c2c(cc(C(N)=O)nc2-c2cccc(-c3cc4ccccc4o3)c2)CN1C(=O)NC(C)C. The van der Waals surface area contributed by atoms with Crippen molar-refractivity contribution in [2.24, 2.45) is 5.73 Å². The molecule has 7 nitrogen and oxygen atoms in total. The van der Waals surface area contributed by atoms with Crippen LogP contribution in [0.1, 0.15) is 61.3 Å². The van der Waals surface area contributed by atoms with Crippen molar-refractivity contribution < 1.29 is 14.0 Å². The van der Waals surface area contributed by atoms with Gasteiger partial charge in [0.25, 0.3) is 5.91 Å². The number of aromatic nitrogens is 1. The number of para-hydroxylation sites is 1. The number of hydrogen-bond donors (Lipinski definition) is 2. The van der Waals surface area contributed by atoms with Gasteiger partial charge in [-0.15, -0.1) is 0 Å². The summed E-state index contributed by atoms with van der Waals surface area (Å²) in [6, 6.07) is 19.3. The molecule has 2 aromatic carbocycles. The fraction of sp³-hybridized carbons (Fsp3) is 0.276. The Morgan fingerprint density at radius 1 is 1.11 bits per heavy atom. The molecule has 1 aliphatic heterocycles. The fourth-order valence-corrected chi connectivity index (χ4v) is 4.97. The van der Waals surface area contributed by atoms with E-state index in [4.69, 9.17) is 15.1 Å². The highest BCUT2D eigenvalue weighted by Gasteiger charge is 2.37. The Bertz CT molecular complexity index is 1420. The molecule has 4 aromatic rings. The molecule has 3 heterocycles. The summed E-state index contributed by atoms with van der Waals surface area (Å²) >= 11 is 0. The van der Waals surface area contributed by atoms with Gasteiger partial charge in [-0.05, 0) is 50.1 Å². The number of primary amides is 1. The van der Waals surface area contributed by atoms with Gasteiger partial charge in [0.1, 0.15) is 17.0 Å². The van der Waals surface area contributed by atoms with Crippen LogP contribution in [0.3, 0.4) is 0 Å². The van der Waals surface area contributed by atoms with Gasteiger partial charge in [0.05, 0.1) is 11.7 Å². The molecule has 2 aromatic heterocycles. The maximum absolute atomic E-state index is 13.1. The van der Waals surface area contributed by atoms with Crippen molar-refractivity contribution in [1.29, 1.82) is 0 Å². The molecule has 36 heavy (non-hydrogen) atoms. The first-order valence-electron chi connectivity index (χ1n) is 12.4. The Kier molecular flexibility index (Phi) is 6.22. The van der Waals surface area contributed by atoms with E-state index in [1.54, 1.807) is 6.07 Å². The lowest BCUT2D eigenvalue weighted by molar-refractivity contribution is 0.0995. The Morgan fingerprint density at radius 2 is 1.89 bits per heavy atom. The zero-order chi connectivity index (χ0) is 25.4. The van der Waals surface area contributed by atoms with Gasteiger partial charge in [-0.2, -0.15) is 0 Å². The van der Waals surface area contributed by atoms with E-state index in [0.717, 1.165) is 51.8 Å². The van der Waals surface area contributed by atoms with Gasteiger partial charge in [-0.3, -0.25) is 4.79 Å². The summed E-state index contributed by atoms with van der Waals surface area (Å²) in [4.78, 5) is 31.8. The van der Waals surface area contributed by atoms with E-state index < -0.39 is 5.91 Å². The highest BCUT2D eigenvalue weighted by molar-refractivity contribution is 5.92. The van der Waals surface area contributed by atoms with E-state index in [2.05, 4.69) is 12.2 Å². The van der Waals surface area contributed by atoms with Crippen LogP contribution in [0.4, 0.5) is 4.79 Å². The fourth-order valence-electron chi connectivity index (χ4n) is 4.97. The van der Waals surface area contributed by atoms with Crippen molar-refractivity contribution in [3.05, 3.63) is 77.5 Å². The van der Waals surface area contributed by atoms with Crippen molar-refractivity contribution in [2.45, 2.75) is 52.2 Å². The first-order chi connectivity index (χ1) is 17.4. The summed E-state index contributed by atoms with van der Waals surface area (Å²) in [6.07, 6.45) is 1.68. The van der Waals surface area contributed by atoms with Gasteiger partial charge in [0.15, 0.2) is 0 Å². The first kappa shape index (κ1) is 23.6. The molecule has 0 unspecified atom stereocenters. The maximum Gasteiger partial charge on any atom is 0.318 e. The molecular formula is C29H30N4O3. The van der Waals surface area contributed by atoms with E-state index in [0.29, 0.717) is 12.2 Å². The summed E-state index contributed by atoms with van der Waals surface area (Å²) in [5.41, 5.74) is 11.0. The van der Waals surface area contributed by atoms with Crippen LogP contribution in [0, 0.1) is 0 Å². The number of carbonyl (C=O) groups excluding carboxylic acids is 2. The second-order valence-electron chi connectivity index (χ2n) is 9.56. The number of pyridine rings is 1. The first-order valence-corrected chi connectivity index (χ1v) is 12.4. The molecule has 3 amide bonds. The minimum Gasteiger partial charge on any atom is -0.456 e. The highest BCUT2D eigenvalue weighted by Crippen LogP contribution is 2.43. The van der Waals surface area contributed by atoms with Gasteiger partial charge >= 0.3 is 6.03 Å². The van der Waals surface area contributed by atoms with E-state index in [9.17, 15) is 9.59 Å².